The molecule has 0 aliphatic carbocycles. The van der Waals surface area contributed by atoms with Crippen molar-refractivity contribution in [3.8, 4) is 0 Å². The first-order valence-electron chi connectivity index (χ1n) is 6.39. The highest BCUT2D eigenvalue weighted by atomic mass is 32.2. The van der Waals surface area contributed by atoms with Gasteiger partial charge in [-0.3, -0.25) is 4.68 Å². The van der Waals surface area contributed by atoms with Gasteiger partial charge >= 0.3 is 6.18 Å². The standard InChI is InChI=1S/C13H14F3N3O3S/c1-19-8-11(7-17-19)23(21,22)18-9-12(20,13(14,15)16)10-5-3-2-4-6-10/h2-8,18,20H,9H2,1H3/t12-/m1/s1. The van der Waals surface area contributed by atoms with Crippen LogP contribution < -0.4 is 4.72 Å². The van der Waals surface area contributed by atoms with E-state index in [1.165, 1.54) is 29.9 Å². The normalized spacial score (nSPS) is 15.3. The first-order valence-corrected chi connectivity index (χ1v) is 7.87. The maximum Gasteiger partial charge on any atom is 0.422 e. The van der Waals surface area contributed by atoms with E-state index in [1.807, 2.05) is 0 Å². The van der Waals surface area contributed by atoms with Crippen molar-refractivity contribution < 1.29 is 26.7 Å². The third-order valence-corrected chi connectivity index (χ3v) is 4.59. The minimum absolute atomic E-state index is 0.294. The van der Waals surface area contributed by atoms with Crippen molar-refractivity contribution in [3.05, 3.63) is 48.3 Å². The third kappa shape index (κ3) is 3.54. The van der Waals surface area contributed by atoms with Crippen LogP contribution in [0.25, 0.3) is 0 Å². The maximum atomic E-state index is 13.3. The van der Waals surface area contributed by atoms with Crippen molar-refractivity contribution in [2.45, 2.75) is 16.7 Å². The summed E-state index contributed by atoms with van der Waals surface area (Å²) in [5.74, 6) is 0. The number of sulfonamides is 1. The second-order valence-corrected chi connectivity index (χ2v) is 6.67. The van der Waals surface area contributed by atoms with Crippen molar-refractivity contribution in [1.82, 2.24) is 14.5 Å². The molecular formula is C13H14F3N3O3S. The minimum Gasteiger partial charge on any atom is -0.375 e. The number of hydrogen-bond donors (Lipinski definition) is 2. The van der Waals surface area contributed by atoms with Gasteiger partial charge in [0.15, 0.2) is 5.60 Å². The highest BCUT2D eigenvalue weighted by Gasteiger charge is 2.55. The SMILES string of the molecule is Cn1cc(S(=O)(=O)NC[C@@](O)(c2ccccc2)C(F)(F)F)cn1. The van der Waals surface area contributed by atoms with Gasteiger partial charge in [-0.2, -0.15) is 18.3 Å². The van der Waals surface area contributed by atoms with Crippen molar-refractivity contribution in [2.75, 3.05) is 6.54 Å². The van der Waals surface area contributed by atoms with Gasteiger partial charge in [-0.05, 0) is 5.56 Å². The minimum atomic E-state index is -5.06. The zero-order chi connectivity index (χ0) is 17.3. The zero-order valence-corrected chi connectivity index (χ0v) is 12.8. The molecule has 0 fully saturated rings. The van der Waals surface area contributed by atoms with Gasteiger partial charge in [0.1, 0.15) is 4.90 Å². The highest BCUT2D eigenvalue weighted by Crippen LogP contribution is 2.38. The molecule has 10 heteroatoms. The van der Waals surface area contributed by atoms with Gasteiger partial charge in [0.05, 0.1) is 12.7 Å². The Labute approximate surface area is 130 Å². The molecule has 1 aromatic heterocycles. The van der Waals surface area contributed by atoms with Gasteiger partial charge in [0.2, 0.25) is 10.0 Å². The molecule has 2 rings (SSSR count). The van der Waals surface area contributed by atoms with E-state index in [4.69, 9.17) is 0 Å². The van der Waals surface area contributed by atoms with Gasteiger partial charge in [0, 0.05) is 13.2 Å². The van der Waals surface area contributed by atoms with Crippen molar-refractivity contribution in [1.29, 1.82) is 0 Å². The first kappa shape index (κ1) is 17.4. The Balaban J connectivity index is 2.30. The fourth-order valence-electron chi connectivity index (χ4n) is 1.90. The molecular weight excluding hydrogens is 335 g/mol. The number of aliphatic hydroxyl groups is 1. The summed E-state index contributed by atoms with van der Waals surface area (Å²) in [4.78, 5) is -0.294. The Morgan fingerprint density at radius 2 is 1.87 bits per heavy atom. The smallest absolute Gasteiger partial charge is 0.375 e. The molecule has 1 aromatic carbocycles. The molecule has 0 saturated carbocycles. The van der Waals surface area contributed by atoms with Gasteiger partial charge in [-0.1, -0.05) is 30.3 Å². The predicted molar refractivity (Wildman–Crippen MR) is 74.8 cm³/mol. The lowest BCUT2D eigenvalue weighted by atomic mass is 9.93. The number of aromatic nitrogens is 2. The summed E-state index contributed by atoms with van der Waals surface area (Å²) in [5, 5.41) is 13.7. The third-order valence-electron chi connectivity index (χ3n) is 3.23. The molecule has 23 heavy (non-hydrogen) atoms. The first-order chi connectivity index (χ1) is 10.6. The maximum absolute atomic E-state index is 13.3. The van der Waals surface area contributed by atoms with E-state index in [0.717, 1.165) is 24.5 Å². The summed E-state index contributed by atoms with van der Waals surface area (Å²) in [5.41, 5.74) is -3.80. The fourth-order valence-corrected chi connectivity index (χ4v) is 2.94. The van der Waals surface area contributed by atoms with Crippen molar-refractivity contribution >= 4 is 10.0 Å². The van der Waals surface area contributed by atoms with Gasteiger partial charge in [-0.15, -0.1) is 0 Å². The van der Waals surface area contributed by atoms with Crippen molar-refractivity contribution in [3.63, 3.8) is 0 Å². The second kappa shape index (κ2) is 5.95. The Kier molecular flexibility index (Phi) is 4.51. The Morgan fingerprint density at radius 3 is 2.35 bits per heavy atom. The highest BCUT2D eigenvalue weighted by molar-refractivity contribution is 7.89. The van der Waals surface area contributed by atoms with Crippen LogP contribution in [-0.4, -0.2) is 36.0 Å². The number of benzene rings is 1. The van der Waals surface area contributed by atoms with Gasteiger partial charge < -0.3 is 5.11 Å². The molecule has 0 amide bonds. The quantitative estimate of drug-likeness (QED) is 0.848. The molecule has 0 aliphatic rings. The Morgan fingerprint density at radius 1 is 1.26 bits per heavy atom. The summed E-state index contributed by atoms with van der Waals surface area (Å²) in [6.07, 6.45) is -2.93. The van der Waals surface area contributed by atoms with E-state index >= 15 is 0 Å². The van der Waals surface area contributed by atoms with Crippen LogP contribution in [0, 0.1) is 0 Å². The summed E-state index contributed by atoms with van der Waals surface area (Å²) < 4.78 is 66.8. The van der Waals surface area contributed by atoms with Crippen LogP contribution >= 0.6 is 0 Å². The topological polar surface area (TPSA) is 84.2 Å². The Bertz CT molecular complexity index is 775. The lowest BCUT2D eigenvalue weighted by Gasteiger charge is -2.31. The monoisotopic (exact) mass is 349 g/mol. The number of rotatable bonds is 5. The van der Waals surface area contributed by atoms with Crippen LogP contribution in [-0.2, 0) is 22.7 Å². The fraction of sp³-hybridized carbons (Fsp3) is 0.308. The van der Waals surface area contributed by atoms with Crippen LogP contribution in [0.5, 0.6) is 0 Å². The molecule has 0 spiro atoms. The summed E-state index contributed by atoms with van der Waals surface area (Å²) >= 11 is 0. The molecule has 0 unspecified atom stereocenters. The number of nitrogens with zero attached hydrogens (tertiary/aromatic N) is 2. The number of halogens is 3. The number of nitrogens with one attached hydrogen (secondary N) is 1. The zero-order valence-electron chi connectivity index (χ0n) is 11.9. The van der Waals surface area contributed by atoms with E-state index in [9.17, 15) is 26.7 Å². The molecule has 0 aliphatic heterocycles. The molecule has 2 aromatic rings. The van der Waals surface area contributed by atoms with Crippen LogP contribution in [0.2, 0.25) is 0 Å². The van der Waals surface area contributed by atoms with E-state index in [-0.39, 0.29) is 4.90 Å². The molecule has 0 radical (unpaired) electrons. The summed E-state index contributed by atoms with van der Waals surface area (Å²) in [7, 11) is -2.77. The molecule has 1 atom stereocenters. The lowest BCUT2D eigenvalue weighted by Crippen LogP contribution is -2.50. The van der Waals surface area contributed by atoms with E-state index in [0.29, 0.717) is 0 Å². The molecule has 2 N–H and O–H groups in total. The largest absolute Gasteiger partial charge is 0.422 e. The van der Waals surface area contributed by atoms with Crippen LogP contribution in [0.4, 0.5) is 13.2 Å². The van der Waals surface area contributed by atoms with Crippen molar-refractivity contribution in [2.24, 2.45) is 7.05 Å². The second-order valence-electron chi connectivity index (χ2n) is 4.90. The predicted octanol–water partition coefficient (Wildman–Crippen LogP) is 1.15. The molecule has 6 nitrogen and oxygen atoms in total. The van der Waals surface area contributed by atoms with E-state index in [1.54, 1.807) is 4.72 Å². The molecule has 0 saturated heterocycles. The number of aryl methyl sites for hydroxylation is 1. The van der Waals surface area contributed by atoms with Gasteiger partial charge in [0.25, 0.3) is 0 Å². The van der Waals surface area contributed by atoms with Gasteiger partial charge in [-0.25, -0.2) is 13.1 Å². The average Bonchev–Trinajstić information content (AvgIpc) is 2.92. The molecule has 0 bridgehead atoms. The van der Waals surface area contributed by atoms with E-state index in [2.05, 4.69) is 5.10 Å². The number of hydrogen-bond acceptors (Lipinski definition) is 4. The summed E-state index contributed by atoms with van der Waals surface area (Å²) in [6, 6.07) is 6.28. The molecule has 126 valence electrons. The summed E-state index contributed by atoms with van der Waals surface area (Å²) in [6.45, 7) is -1.25. The number of alkyl halides is 3. The molecule has 1 heterocycles. The lowest BCUT2D eigenvalue weighted by molar-refractivity contribution is -0.263. The average molecular weight is 349 g/mol. The van der Waals surface area contributed by atoms with Crippen LogP contribution in [0.15, 0.2) is 47.6 Å². The van der Waals surface area contributed by atoms with Crippen LogP contribution in [0.1, 0.15) is 5.56 Å². The van der Waals surface area contributed by atoms with E-state index < -0.39 is 33.9 Å². The Hall–Kier alpha value is -1.91. The van der Waals surface area contributed by atoms with Crippen LogP contribution in [0.3, 0.4) is 0 Å².